The van der Waals surface area contributed by atoms with E-state index in [-0.39, 0.29) is 0 Å². The summed E-state index contributed by atoms with van der Waals surface area (Å²) >= 11 is 0. The van der Waals surface area contributed by atoms with Crippen molar-refractivity contribution < 1.29 is 0 Å². The second-order valence-electron chi connectivity index (χ2n) is 13.8. The molecule has 0 unspecified atom stereocenters. The van der Waals surface area contributed by atoms with E-state index in [1.165, 1.54) is 66.0 Å². The fourth-order valence-corrected chi connectivity index (χ4v) is 7.95. The zero-order valence-corrected chi connectivity index (χ0v) is 29.7. The molecule has 0 bridgehead atoms. The molecule has 0 radical (unpaired) electrons. The predicted molar refractivity (Wildman–Crippen MR) is 229 cm³/mol. The standard InChI is InChI=1S/C52H36N2/c1-3-14-37(15-4-1)39-26-30-44(31-27-39)53(46-21-13-20-41(34-46)38-16-5-2-6-17-38)45-32-28-40(29-33-45)47-22-9-11-24-50(47)54-51-25-12-10-23-48(51)49-35-42-18-7-8-19-43(42)36-52(49)54/h1-36H. The van der Waals surface area contributed by atoms with Gasteiger partial charge in [-0.25, -0.2) is 0 Å². The van der Waals surface area contributed by atoms with Crippen molar-refractivity contribution in [1.82, 2.24) is 4.57 Å². The van der Waals surface area contributed by atoms with Crippen LogP contribution in [0, 0.1) is 0 Å². The number of fused-ring (bicyclic) bond motifs is 4. The number of hydrogen-bond donors (Lipinski definition) is 0. The minimum atomic E-state index is 1.09. The molecule has 0 aliphatic rings. The van der Waals surface area contributed by atoms with Gasteiger partial charge < -0.3 is 9.47 Å². The van der Waals surface area contributed by atoms with Crippen molar-refractivity contribution in [3.05, 3.63) is 218 Å². The molecular formula is C52H36N2. The maximum Gasteiger partial charge on any atom is 0.0547 e. The van der Waals surface area contributed by atoms with Crippen LogP contribution in [0.2, 0.25) is 0 Å². The van der Waals surface area contributed by atoms with E-state index in [2.05, 4.69) is 228 Å². The van der Waals surface area contributed by atoms with Gasteiger partial charge in [-0.3, -0.25) is 0 Å². The maximum absolute atomic E-state index is 2.44. The van der Waals surface area contributed by atoms with Gasteiger partial charge in [0.05, 0.1) is 16.7 Å². The highest BCUT2D eigenvalue weighted by molar-refractivity contribution is 6.14. The van der Waals surface area contributed by atoms with Crippen LogP contribution in [0.25, 0.3) is 71.6 Å². The second-order valence-corrected chi connectivity index (χ2v) is 13.8. The monoisotopic (exact) mass is 688 g/mol. The third-order valence-electron chi connectivity index (χ3n) is 10.6. The first-order valence-corrected chi connectivity index (χ1v) is 18.5. The first kappa shape index (κ1) is 31.6. The van der Waals surface area contributed by atoms with Gasteiger partial charge in [0.2, 0.25) is 0 Å². The molecule has 0 fully saturated rings. The van der Waals surface area contributed by atoms with E-state index in [1.54, 1.807) is 0 Å². The molecule has 10 rings (SSSR count). The van der Waals surface area contributed by atoms with Crippen LogP contribution >= 0.6 is 0 Å². The Labute approximate surface area is 315 Å². The lowest BCUT2D eigenvalue weighted by molar-refractivity contribution is 1.18. The Morgan fingerprint density at radius 1 is 0.296 bits per heavy atom. The Morgan fingerprint density at radius 3 is 1.56 bits per heavy atom. The topological polar surface area (TPSA) is 8.17 Å². The molecule has 10 aromatic rings. The SMILES string of the molecule is c1ccc(-c2ccc(N(c3ccc(-c4ccccc4-n4c5ccccc5c5cc6ccccc6cc54)cc3)c3cccc(-c4ccccc4)c3)cc2)cc1. The molecule has 2 heteroatoms. The van der Waals surface area contributed by atoms with Gasteiger partial charge in [-0.2, -0.15) is 0 Å². The number of benzene rings is 9. The maximum atomic E-state index is 2.44. The summed E-state index contributed by atoms with van der Waals surface area (Å²) in [5, 5.41) is 5.02. The molecule has 0 amide bonds. The summed E-state index contributed by atoms with van der Waals surface area (Å²) in [6, 6.07) is 78.8. The smallest absolute Gasteiger partial charge is 0.0547 e. The molecule has 0 aliphatic carbocycles. The highest BCUT2D eigenvalue weighted by Crippen LogP contribution is 2.41. The van der Waals surface area contributed by atoms with Gasteiger partial charge in [0.15, 0.2) is 0 Å². The number of hydrogen-bond acceptors (Lipinski definition) is 1. The number of aromatic nitrogens is 1. The minimum absolute atomic E-state index is 1.09. The molecule has 0 saturated heterocycles. The number of para-hydroxylation sites is 2. The summed E-state index contributed by atoms with van der Waals surface area (Å²) in [6.45, 7) is 0. The van der Waals surface area contributed by atoms with Crippen molar-refractivity contribution in [3.63, 3.8) is 0 Å². The summed E-state index contributed by atoms with van der Waals surface area (Å²) in [6.07, 6.45) is 0. The number of anilines is 3. The molecule has 9 aromatic carbocycles. The predicted octanol–water partition coefficient (Wildman–Crippen LogP) is 14.4. The van der Waals surface area contributed by atoms with Gasteiger partial charge in [0.25, 0.3) is 0 Å². The Balaban J connectivity index is 1.09. The zero-order chi connectivity index (χ0) is 35.8. The summed E-state index contributed by atoms with van der Waals surface area (Å²) in [5.74, 6) is 0. The van der Waals surface area contributed by atoms with Crippen molar-refractivity contribution in [2.24, 2.45) is 0 Å². The summed E-state index contributed by atoms with van der Waals surface area (Å²) in [5.41, 5.74) is 14.0. The summed E-state index contributed by atoms with van der Waals surface area (Å²) in [4.78, 5) is 2.36. The first-order chi connectivity index (χ1) is 26.8. The Hall–Kier alpha value is -7.16. The fourth-order valence-electron chi connectivity index (χ4n) is 7.95. The molecule has 2 nitrogen and oxygen atoms in total. The average molecular weight is 689 g/mol. The van der Waals surface area contributed by atoms with Crippen molar-refractivity contribution in [2.45, 2.75) is 0 Å². The van der Waals surface area contributed by atoms with Gasteiger partial charge in [-0.1, -0.05) is 158 Å². The van der Waals surface area contributed by atoms with Crippen LogP contribution in [0.3, 0.4) is 0 Å². The van der Waals surface area contributed by atoms with Crippen molar-refractivity contribution in [3.8, 4) is 39.1 Å². The lowest BCUT2D eigenvalue weighted by Crippen LogP contribution is -2.10. The van der Waals surface area contributed by atoms with Gasteiger partial charge >= 0.3 is 0 Å². The highest BCUT2D eigenvalue weighted by atomic mass is 15.1. The summed E-state index contributed by atoms with van der Waals surface area (Å²) < 4.78 is 2.44. The van der Waals surface area contributed by atoms with Gasteiger partial charge in [0, 0.05) is 33.4 Å². The third-order valence-corrected chi connectivity index (χ3v) is 10.6. The third kappa shape index (κ3) is 5.62. The second kappa shape index (κ2) is 13.4. The zero-order valence-electron chi connectivity index (χ0n) is 29.7. The van der Waals surface area contributed by atoms with E-state index in [9.17, 15) is 0 Å². The van der Waals surface area contributed by atoms with Crippen LogP contribution in [0.5, 0.6) is 0 Å². The molecule has 1 aromatic heterocycles. The Kier molecular flexibility index (Phi) is 7.85. The van der Waals surface area contributed by atoms with Crippen LogP contribution in [0.15, 0.2) is 218 Å². The minimum Gasteiger partial charge on any atom is -0.310 e. The molecule has 0 atom stereocenters. The van der Waals surface area contributed by atoms with Crippen LogP contribution in [-0.4, -0.2) is 4.57 Å². The molecule has 1 heterocycles. The number of nitrogens with zero attached hydrogens (tertiary/aromatic N) is 2. The van der Waals surface area contributed by atoms with E-state index in [4.69, 9.17) is 0 Å². The van der Waals surface area contributed by atoms with Crippen molar-refractivity contribution in [2.75, 3.05) is 4.90 Å². The average Bonchev–Trinajstić information content (AvgIpc) is 3.57. The lowest BCUT2D eigenvalue weighted by Gasteiger charge is -2.26. The van der Waals surface area contributed by atoms with E-state index >= 15 is 0 Å². The van der Waals surface area contributed by atoms with E-state index in [0.29, 0.717) is 0 Å². The summed E-state index contributed by atoms with van der Waals surface area (Å²) in [7, 11) is 0. The fraction of sp³-hybridized carbons (Fsp3) is 0. The molecule has 0 aliphatic heterocycles. The molecule has 54 heavy (non-hydrogen) atoms. The van der Waals surface area contributed by atoms with Crippen LogP contribution < -0.4 is 4.90 Å². The Morgan fingerprint density at radius 2 is 0.833 bits per heavy atom. The van der Waals surface area contributed by atoms with E-state index in [0.717, 1.165) is 22.7 Å². The van der Waals surface area contributed by atoms with Gasteiger partial charge in [0.1, 0.15) is 0 Å². The molecule has 0 N–H and O–H groups in total. The normalized spacial score (nSPS) is 11.3. The molecule has 0 saturated carbocycles. The van der Waals surface area contributed by atoms with E-state index < -0.39 is 0 Å². The van der Waals surface area contributed by atoms with Crippen molar-refractivity contribution in [1.29, 1.82) is 0 Å². The molecule has 254 valence electrons. The van der Waals surface area contributed by atoms with Gasteiger partial charge in [-0.15, -0.1) is 0 Å². The van der Waals surface area contributed by atoms with Crippen molar-refractivity contribution >= 4 is 49.6 Å². The van der Waals surface area contributed by atoms with Gasteiger partial charge in [-0.05, 0) is 99.3 Å². The highest BCUT2D eigenvalue weighted by Gasteiger charge is 2.18. The molecular weight excluding hydrogens is 653 g/mol. The van der Waals surface area contributed by atoms with Crippen LogP contribution in [0.1, 0.15) is 0 Å². The van der Waals surface area contributed by atoms with E-state index in [1.807, 2.05) is 0 Å². The molecule has 0 spiro atoms. The Bertz CT molecular complexity index is 2910. The van der Waals surface area contributed by atoms with Crippen LogP contribution in [-0.2, 0) is 0 Å². The lowest BCUT2D eigenvalue weighted by atomic mass is 10.0. The van der Waals surface area contributed by atoms with Crippen LogP contribution in [0.4, 0.5) is 17.1 Å². The largest absolute Gasteiger partial charge is 0.310 e. The number of rotatable bonds is 7. The first-order valence-electron chi connectivity index (χ1n) is 18.5. The quantitative estimate of drug-likeness (QED) is 0.162.